The number of aromatic amines is 1. The number of rotatable bonds is 8. The van der Waals surface area contributed by atoms with Crippen LogP contribution >= 0.6 is 26.0 Å². The van der Waals surface area contributed by atoms with Gasteiger partial charge in [-0.05, 0) is 48.1 Å². The second-order valence-electron chi connectivity index (χ2n) is 13.6. The number of aryl methyl sites for hydroxylation is 1. The predicted octanol–water partition coefficient (Wildman–Crippen LogP) is 3.65. The van der Waals surface area contributed by atoms with Gasteiger partial charge in [0.05, 0.1) is 31.2 Å². The van der Waals surface area contributed by atoms with E-state index in [1.54, 1.807) is 48.5 Å². The van der Waals surface area contributed by atoms with E-state index in [9.17, 15) is 28.4 Å². The standard InChI is InChI=1S/C35H37N7O14P2S/c1-19-3-7-21(8-4-19)34(44)53-22-9-5-20(6-10-22)16-59-58(48)51-14-23-13-24(32(52-23)42-18-39-27-30(36)37-17-38-31(27)42)55-57(46,47)50-15-25-28(49-2)29(56-58)33(54-25)41-12-11-26(43)40-35(41)45/h3-12,17-18,23-25,28-29,32-33H,13-16H2,1-2H3,(H,46,47)(H2,36,37,38)(H,40,43,45)/t23-,24+,25+,28+,29+,32+,33+,58?/m0/s1. The van der Waals surface area contributed by atoms with E-state index < -0.39 is 81.4 Å². The molecule has 0 amide bonds. The molecule has 0 spiro atoms. The number of nitrogens with one attached hydrogen (secondary N) is 1. The molecule has 0 radical (unpaired) electrons. The van der Waals surface area contributed by atoms with E-state index in [0.717, 1.165) is 33.8 Å². The molecule has 2 unspecified atom stereocenters. The van der Waals surface area contributed by atoms with Gasteiger partial charge in [0.15, 0.2) is 23.9 Å². The number of aromatic nitrogens is 6. The Kier molecular flexibility index (Phi) is 11.7. The Balaban J connectivity index is 1.09. The molecule has 0 aliphatic carbocycles. The minimum absolute atomic E-state index is 0.0499. The molecule has 8 rings (SSSR count). The second-order valence-corrected chi connectivity index (χ2v) is 19.1. The zero-order chi connectivity index (χ0) is 41.5. The van der Waals surface area contributed by atoms with Gasteiger partial charge in [0, 0.05) is 31.5 Å². The Labute approximate surface area is 338 Å². The Hall–Kier alpha value is -4.57. The van der Waals surface area contributed by atoms with Crippen LogP contribution < -0.4 is 21.7 Å². The second kappa shape index (κ2) is 16.8. The van der Waals surface area contributed by atoms with Crippen molar-refractivity contribution in [2.75, 3.05) is 26.1 Å². The number of esters is 1. The fraction of sp³-hybridized carbons (Fsp3) is 0.371. The maximum Gasteiger partial charge on any atom is 0.472 e. The van der Waals surface area contributed by atoms with Crippen LogP contribution in [0.2, 0.25) is 0 Å². The highest BCUT2D eigenvalue weighted by atomic mass is 32.7. The molecule has 6 heterocycles. The monoisotopic (exact) mass is 873 g/mol. The summed E-state index contributed by atoms with van der Waals surface area (Å²) in [4.78, 5) is 63.2. The number of hydrogen-bond acceptors (Lipinski definition) is 18. The van der Waals surface area contributed by atoms with Gasteiger partial charge in [0.2, 0.25) is 0 Å². The first kappa shape index (κ1) is 41.2. The molecule has 312 valence electrons. The van der Waals surface area contributed by atoms with Crippen molar-refractivity contribution in [3.8, 4) is 5.75 Å². The van der Waals surface area contributed by atoms with Crippen molar-refractivity contribution >= 4 is 49.0 Å². The molecule has 4 N–H and O–H groups in total. The van der Waals surface area contributed by atoms with Crippen molar-refractivity contribution in [1.82, 2.24) is 29.1 Å². The predicted molar refractivity (Wildman–Crippen MR) is 207 cm³/mol. The number of nitrogens with two attached hydrogens (primary N) is 1. The van der Waals surface area contributed by atoms with Gasteiger partial charge in [-0.3, -0.25) is 37.0 Å². The number of phosphoric ester groups is 1. The number of fused-ring (bicyclic) bond motifs is 5. The van der Waals surface area contributed by atoms with Gasteiger partial charge < -0.3 is 29.6 Å². The van der Waals surface area contributed by atoms with E-state index in [4.69, 9.17) is 42.8 Å². The van der Waals surface area contributed by atoms with Crippen LogP contribution in [0.15, 0.2) is 83.0 Å². The Morgan fingerprint density at radius 2 is 1.75 bits per heavy atom. The SMILES string of the molecule is CO[C@H]1[C@H]2OP(=O)(SCc3ccc(OC(=O)c4ccc(C)cc4)cc3)OC[C@@H]3C[C@@H](OP(=O)(O)OC[C@H]1O[C@H]2n1ccc(=O)[nH]c1=O)[C@H](n1cnc2c(N)ncnc21)O3. The first-order valence-corrected chi connectivity index (χ1v) is 22.6. The third kappa shape index (κ3) is 8.98. The number of phosphoric acid groups is 1. The quantitative estimate of drug-likeness (QED) is 0.114. The van der Waals surface area contributed by atoms with E-state index in [-0.39, 0.29) is 41.5 Å². The van der Waals surface area contributed by atoms with E-state index >= 15 is 0 Å². The third-order valence-corrected chi connectivity index (χ3v) is 14.3. The molecule has 21 nitrogen and oxygen atoms in total. The highest BCUT2D eigenvalue weighted by Crippen LogP contribution is 2.65. The maximum absolute atomic E-state index is 15.0. The summed E-state index contributed by atoms with van der Waals surface area (Å²) in [6.45, 7) is -3.43. The molecule has 3 saturated heterocycles. The van der Waals surface area contributed by atoms with Crippen LogP contribution in [0.25, 0.3) is 11.2 Å². The van der Waals surface area contributed by atoms with Gasteiger partial charge >= 0.3 is 26.3 Å². The van der Waals surface area contributed by atoms with Crippen LogP contribution in [0, 0.1) is 6.92 Å². The summed E-state index contributed by atoms with van der Waals surface area (Å²) in [5, 5.41) is 0. The van der Waals surface area contributed by atoms with Gasteiger partial charge in [-0.25, -0.2) is 33.7 Å². The summed E-state index contributed by atoms with van der Waals surface area (Å²) in [5.74, 6) is -0.0992. The van der Waals surface area contributed by atoms with Crippen LogP contribution in [-0.4, -0.2) is 90.8 Å². The smallest absolute Gasteiger partial charge is 0.423 e. The van der Waals surface area contributed by atoms with Gasteiger partial charge in [-0.1, -0.05) is 29.8 Å². The van der Waals surface area contributed by atoms with Crippen LogP contribution in [0.5, 0.6) is 5.75 Å². The maximum atomic E-state index is 15.0. The van der Waals surface area contributed by atoms with E-state index in [0.29, 0.717) is 11.1 Å². The van der Waals surface area contributed by atoms with Gasteiger partial charge in [0.25, 0.3) is 5.56 Å². The average Bonchev–Trinajstić information content (AvgIpc) is 3.91. The normalized spacial score (nSPS) is 29.9. The lowest BCUT2D eigenvalue weighted by molar-refractivity contribution is -0.0668. The summed E-state index contributed by atoms with van der Waals surface area (Å²) in [5.41, 5.74) is 6.96. The molecule has 4 bridgehead atoms. The van der Waals surface area contributed by atoms with Crippen molar-refractivity contribution in [3.63, 3.8) is 0 Å². The number of methoxy groups -OCH3 is 1. The lowest BCUT2D eigenvalue weighted by Gasteiger charge is -2.28. The summed E-state index contributed by atoms with van der Waals surface area (Å²) in [6.07, 6.45) is -4.65. The average molecular weight is 874 g/mol. The first-order chi connectivity index (χ1) is 28.3. The van der Waals surface area contributed by atoms with Crippen LogP contribution in [-0.2, 0) is 47.2 Å². The Morgan fingerprint density at radius 1 is 0.966 bits per heavy atom. The zero-order valence-electron chi connectivity index (χ0n) is 31.2. The van der Waals surface area contributed by atoms with Gasteiger partial charge in [-0.15, -0.1) is 0 Å². The number of benzene rings is 2. The number of nitrogens with zero attached hydrogens (tertiary/aromatic N) is 5. The van der Waals surface area contributed by atoms with Crippen LogP contribution in [0.3, 0.4) is 0 Å². The Bertz CT molecular complexity index is 2560. The molecule has 0 saturated carbocycles. The minimum Gasteiger partial charge on any atom is -0.423 e. The lowest BCUT2D eigenvalue weighted by Crippen LogP contribution is -2.40. The first-order valence-electron chi connectivity index (χ1n) is 18.0. The van der Waals surface area contributed by atoms with Gasteiger partial charge in [0.1, 0.15) is 42.0 Å². The number of anilines is 1. The fourth-order valence-electron chi connectivity index (χ4n) is 6.76. The molecular formula is C35H37N7O14P2S. The molecule has 24 heteroatoms. The topological polar surface area (TPSA) is 270 Å². The van der Waals surface area contributed by atoms with Crippen LogP contribution in [0.1, 0.15) is 40.4 Å². The highest BCUT2D eigenvalue weighted by molar-refractivity contribution is 8.54. The molecule has 3 aromatic heterocycles. The number of H-pyrrole nitrogens is 1. The number of nitrogen functional groups attached to an aromatic ring is 1. The van der Waals surface area contributed by atoms with Crippen molar-refractivity contribution < 1.29 is 55.9 Å². The number of carbonyl (C=O) groups is 1. The van der Waals surface area contributed by atoms with Gasteiger partial charge in [-0.2, -0.15) is 0 Å². The number of carbonyl (C=O) groups excluding carboxylic acids is 1. The highest BCUT2D eigenvalue weighted by Gasteiger charge is 2.53. The number of hydrogen-bond donors (Lipinski definition) is 3. The van der Waals surface area contributed by atoms with E-state index in [1.807, 2.05) is 6.92 Å². The molecule has 9 atom stereocenters. The van der Waals surface area contributed by atoms with E-state index in [1.165, 1.54) is 24.3 Å². The molecule has 3 aliphatic heterocycles. The largest absolute Gasteiger partial charge is 0.472 e. The summed E-state index contributed by atoms with van der Waals surface area (Å²) >= 11 is 0.811. The molecule has 59 heavy (non-hydrogen) atoms. The summed E-state index contributed by atoms with van der Waals surface area (Å²) < 4.78 is 78.2. The fourth-order valence-corrected chi connectivity index (χ4v) is 11.1. The number of imidazole rings is 1. The van der Waals surface area contributed by atoms with E-state index in [2.05, 4.69) is 19.9 Å². The third-order valence-electron chi connectivity index (χ3n) is 9.64. The van der Waals surface area contributed by atoms with Crippen LogP contribution in [0.4, 0.5) is 5.82 Å². The minimum atomic E-state index is -4.89. The molecule has 3 aliphatic rings. The Morgan fingerprint density at radius 3 is 2.49 bits per heavy atom. The van der Waals surface area contributed by atoms with Crippen molar-refractivity contribution in [2.24, 2.45) is 0 Å². The van der Waals surface area contributed by atoms with Crippen molar-refractivity contribution in [3.05, 3.63) is 111 Å². The summed E-state index contributed by atoms with van der Waals surface area (Å²) in [6, 6.07) is 14.6. The van der Waals surface area contributed by atoms with Crippen molar-refractivity contribution in [1.29, 1.82) is 0 Å². The molecule has 2 aromatic carbocycles. The van der Waals surface area contributed by atoms with Crippen molar-refractivity contribution in [2.45, 2.75) is 62.1 Å². The number of ether oxygens (including phenoxy) is 4. The molecular weight excluding hydrogens is 836 g/mol. The molecule has 5 aromatic rings. The molecule has 3 fully saturated rings. The zero-order valence-corrected chi connectivity index (χ0v) is 33.8. The lowest BCUT2D eigenvalue weighted by atomic mass is 10.1. The summed E-state index contributed by atoms with van der Waals surface area (Å²) in [7, 11) is -3.59.